The second-order valence-corrected chi connectivity index (χ2v) is 8.96. The van der Waals surface area contributed by atoms with Crippen molar-refractivity contribution in [1.29, 1.82) is 0 Å². The van der Waals surface area contributed by atoms with E-state index in [4.69, 9.17) is 25.3 Å². The fourth-order valence-corrected chi connectivity index (χ4v) is 4.93. The van der Waals surface area contributed by atoms with Crippen LogP contribution >= 0.6 is 0 Å². The van der Waals surface area contributed by atoms with Crippen LogP contribution in [0, 0.1) is 11.8 Å². The SMILES string of the molecule is COC(=O)C1CCC(C2=C3C(c4cccc(OCc5ccccc5)c4)=NC=C[N+]3(N)C=N2)CC1. The number of allylic oxidation sites excluding steroid dienone is 2. The molecule has 2 aliphatic heterocycles. The van der Waals surface area contributed by atoms with Crippen LogP contribution in [-0.2, 0) is 16.1 Å². The molecular formula is C27H29N4O3+. The van der Waals surface area contributed by atoms with Crippen LogP contribution in [0.4, 0.5) is 0 Å². The summed E-state index contributed by atoms with van der Waals surface area (Å²) in [4.78, 5) is 21.4. The first kappa shape index (κ1) is 22.3. The number of nitrogens with zero attached hydrogens (tertiary/aromatic N) is 3. The summed E-state index contributed by atoms with van der Waals surface area (Å²) in [6.45, 7) is 0.494. The van der Waals surface area contributed by atoms with Crippen LogP contribution in [0.15, 0.2) is 88.4 Å². The van der Waals surface area contributed by atoms with Crippen LogP contribution in [0.1, 0.15) is 36.8 Å². The standard InChI is InChI=1S/C27H29N4O3/c1-33-27(32)21-12-10-20(11-13-21)24-26-25(29-14-15-31(26,28)18-30-24)22-8-5-9-23(16-22)34-17-19-6-3-2-4-7-19/h2-9,14-16,18,20-21H,10-13,17,28H2,1H3/q+1. The Morgan fingerprint density at radius 1 is 1.09 bits per heavy atom. The van der Waals surface area contributed by atoms with Gasteiger partial charge in [0.1, 0.15) is 30.0 Å². The third-order valence-electron chi connectivity index (χ3n) is 6.76. The molecule has 2 aromatic rings. The molecule has 5 rings (SSSR count). The Kier molecular flexibility index (Phi) is 6.13. The lowest BCUT2D eigenvalue weighted by molar-refractivity contribution is -0.744. The minimum atomic E-state index is -0.120. The average Bonchev–Trinajstić information content (AvgIpc) is 3.25. The Bertz CT molecular complexity index is 1190. The number of esters is 1. The lowest BCUT2D eigenvalue weighted by atomic mass is 9.79. The minimum Gasteiger partial charge on any atom is -0.489 e. The van der Waals surface area contributed by atoms with E-state index in [-0.39, 0.29) is 22.4 Å². The van der Waals surface area contributed by atoms with Gasteiger partial charge >= 0.3 is 5.97 Å². The predicted octanol–water partition coefficient (Wildman–Crippen LogP) is 4.46. The number of fused-ring (bicyclic) bond motifs is 1. The molecule has 7 nitrogen and oxygen atoms in total. The molecule has 1 atom stereocenters. The molecule has 1 aliphatic carbocycles. The fourth-order valence-electron chi connectivity index (χ4n) is 4.93. The summed E-state index contributed by atoms with van der Waals surface area (Å²) in [7, 11) is 1.45. The Balaban J connectivity index is 1.40. The van der Waals surface area contributed by atoms with Gasteiger partial charge in [0, 0.05) is 11.5 Å². The smallest absolute Gasteiger partial charge is 0.308 e. The lowest BCUT2D eigenvalue weighted by Crippen LogP contribution is -2.49. The van der Waals surface area contributed by atoms with Gasteiger partial charge in [-0.2, -0.15) is 10.8 Å². The van der Waals surface area contributed by atoms with Gasteiger partial charge in [0.05, 0.1) is 19.2 Å². The number of benzene rings is 2. The maximum Gasteiger partial charge on any atom is 0.308 e. The zero-order chi connectivity index (χ0) is 23.5. The number of carbonyl (C=O) groups is 1. The zero-order valence-electron chi connectivity index (χ0n) is 19.3. The summed E-state index contributed by atoms with van der Waals surface area (Å²) in [5.74, 6) is 7.56. The van der Waals surface area contributed by atoms with E-state index in [0.29, 0.717) is 6.61 Å². The molecular weight excluding hydrogens is 428 g/mol. The number of quaternary nitrogens is 1. The van der Waals surface area contributed by atoms with Crippen LogP contribution in [-0.4, -0.2) is 29.7 Å². The van der Waals surface area contributed by atoms with Gasteiger partial charge in [-0.1, -0.05) is 42.5 Å². The highest BCUT2D eigenvalue weighted by atomic mass is 16.5. The van der Waals surface area contributed by atoms with Crippen LogP contribution in [0.25, 0.3) is 0 Å². The highest BCUT2D eigenvalue weighted by Crippen LogP contribution is 2.41. The van der Waals surface area contributed by atoms with Gasteiger partial charge in [-0.15, -0.1) is 4.59 Å². The topological polar surface area (TPSA) is 86.3 Å². The third-order valence-corrected chi connectivity index (χ3v) is 6.76. The molecule has 2 aromatic carbocycles. The monoisotopic (exact) mass is 457 g/mol. The van der Waals surface area contributed by atoms with Crippen LogP contribution in [0.5, 0.6) is 5.75 Å². The van der Waals surface area contributed by atoms with Crippen LogP contribution < -0.4 is 10.6 Å². The van der Waals surface area contributed by atoms with E-state index < -0.39 is 0 Å². The normalized spacial score (nSPS) is 25.6. The van der Waals surface area contributed by atoms with Crippen molar-refractivity contribution in [2.24, 2.45) is 27.7 Å². The number of hydrogen-bond donors (Lipinski definition) is 1. The highest BCUT2D eigenvalue weighted by molar-refractivity contribution is 6.13. The van der Waals surface area contributed by atoms with Crippen molar-refractivity contribution in [3.63, 3.8) is 0 Å². The van der Waals surface area contributed by atoms with E-state index in [1.165, 1.54) is 7.11 Å². The number of ether oxygens (including phenoxy) is 2. The Labute approximate surface area is 199 Å². The third kappa shape index (κ3) is 4.32. The molecule has 34 heavy (non-hydrogen) atoms. The molecule has 1 unspecified atom stereocenters. The molecule has 1 saturated carbocycles. The lowest BCUT2D eigenvalue weighted by Gasteiger charge is -2.29. The van der Waals surface area contributed by atoms with Crippen molar-refractivity contribution in [1.82, 2.24) is 0 Å². The Hall–Kier alpha value is -3.55. The molecule has 2 N–H and O–H groups in total. The maximum absolute atomic E-state index is 12.0. The summed E-state index contributed by atoms with van der Waals surface area (Å²) in [5, 5.41) is 0. The number of hydrogen-bond acceptors (Lipinski definition) is 6. The molecule has 0 radical (unpaired) electrons. The summed E-state index contributed by atoms with van der Waals surface area (Å²) in [5.41, 5.74) is 4.70. The fraction of sp³-hybridized carbons (Fsp3) is 0.296. The van der Waals surface area contributed by atoms with Gasteiger partial charge in [-0.05, 0) is 43.4 Å². The van der Waals surface area contributed by atoms with Gasteiger partial charge < -0.3 is 9.47 Å². The molecule has 0 bridgehead atoms. The van der Waals surface area contributed by atoms with Crippen molar-refractivity contribution < 1.29 is 18.9 Å². The first-order valence-electron chi connectivity index (χ1n) is 11.7. The Morgan fingerprint density at radius 2 is 1.88 bits per heavy atom. The van der Waals surface area contributed by atoms with E-state index in [9.17, 15) is 4.79 Å². The van der Waals surface area contributed by atoms with Crippen molar-refractivity contribution in [3.05, 3.63) is 89.5 Å². The van der Waals surface area contributed by atoms with Crippen molar-refractivity contribution in [2.45, 2.75) is 32.3 Å². The summed E-state index contributed by atoms with van der Waals surface area (Å²) >= 11 is 0. The van der Waals surface area contributed by atoms with Gasteiger partial charge in [0.2, 0.25) is 12.0 Å². The quantitative estimate of drug-likeness (QED) is 0.394. The molecule has 0 aromatic heterocycles. The molecule has 174 valence electrons. The molecule has 1 fully saturated rings. The molecule has 0 amide bonds. The minimum absolute atomic E-state index is 0.000195. The van der Waals surface area contributed by atoms with Crippen molar-refractivity contribution in [3.8, 4) is 5.75 Å². The van der Waals surface area contributed by atoms with Crippen molar-refractivity contribution in [2.75, 3.05) is 7.11 Å². The average molecular weight is 458 g/mol. The molecule has 0 saturated heterocycles. The first-order chi connectivity index (χ1) is 16.6. The zero-order valence-corrected chi connectivity index (χ0v) is 19.3. The van der Waals surface area contributed by atoms with Gasteiger partial charge in [0.15, 0.2) is 0 Å². The second-order valence-electron chi connectivity index (χ2n) is 8.96. The molecule has 3 aliphatic rings. The van der Waals surface area contributed by atoms with Gasteiger partial charge in [-0.25, -0.2) is 4.99 Å². The number of aliphatic imine (C=N–C) groups is 2. The van der Waals surface area contributed by atoms with E-state index in [1.807, 2.05) is 60.8 Å². The van der Waals surface area contributed by atoms with Crippen molar-refractivity contribution >= 4 is 18.0 Å². The summed E-state index contributed by atoms with van der Waals surface area (Å²) in [6.07, 6.45) is 8.65. The number of carbonyl (C=O) groups excluding carboxylic acids is 1. The van der Waals surface area contributed by atoms with Gasteiger partial charge in [-0.3, -0.25) is 4.79 Å². The van der Waals surface area contributed by atoms with E-state index in [2.05, 4.69) is 0 Å². The second kappa shape index (κ2) is 9.37. The summed E-state index contributed by atoms with van der Waals surface area (Å²) in [6, 6.07) is 18.0. The van der Waals surface area contributed by atoms with Crippen LogP contribution in [0.2, 0.25) is 0 Å². The highest BCUT2D eigenvalue weighted by Gasteiger charge is 2.44. The summed E-state index contributed by atoms with van der Waals surface area (Å²) < 4.78 is 11.0. The van der Waals surface area contributed by atoms with E-state index in [1.54, 1.807) is 12.5 Å². The Morgan fingerprint density at radius 3 is 2.65 bits per heavy atom. The first-order valence-corrected chi connectivity index (χ1v) is 11.7. The molecule has 2 heterocycles. The maximum atomic E-state index is 12.0. The predicted molar refractivity (Wildman–Crippen MR) is 130 cm³/mol. The van der Waals surface area contributed by atoms with Crippen LogP contribution in [0.3, 0.4) is 0 Å². The number of rotatable bonds is 6. The molecule has 7 heteroatoms. The molecule has 0 spiro atoms. The number of methoxy groups -OCH3 is 1. The number of nitrogens with two attached hydrogens (primary N) is 1. The van der Waals surface area contributed by atoms with Gasteiger partial charge in [0.25, 0.3) is 0 Å². The largest absolute Gasteiger partial charge is 0.489 e. The van der Waals surface area contributed by atoms with E-state index in [0.717, 1.165) is 59.7 Å². The van der Waals surface area contributed by atoms with E-state index >= 15 is 0 Å².